The zero-order valence-corrected chi connectivity index (χ0v) is 30.9. The summed E-state index contributed by atoms with van der Waals surface area (Å²) in [7, 11) is 0. The molecule has 0 bridgehead atoms. The van der Waals surface area contributed by atoms with Crippen LogP contribution in [0.15, 0.2) is 121 Å². The smallest absolute Gasteiger partial charge is 0.261 e. The SMILES string of the molecule is C[C@@H]1[C@H](CN2CCC(O)(c3ccc(Cl)cc3)CC2)O[C@H](c2ccc(-c3cccc(CN4C(=O)c5ccccc5C4=O)c3)cc2)O[C@@H]1c1ccc(CO)cc1. The number of carbonyl (C=O) groups is 2. The Labute approximate surface area is 320 Å². The number of imide groups is 1. The van der Waals surface area contributed by atoms with E-state index < -0.39 is 11.9 Å². The van der Waals surface area contributed by atoms with E-state index in [1.54, 1.807) is 24.3 Å². The van der Waals surface area contributed by atoms with E-state index in [-0.39, 0.29) is 43.1 Å². The molecule has 4 atom stereocenters. The van der Waals surface area contributed by atoms with Crippen molar-refractivity contribution in [2.24, 2.45) is 5.92 Å². The Morgan fingerprint density at radius 3 is 2.04 bits per heavy atom. The number of benzene rings is 5. The molecule has 5 aromatic carbocycles. The van der Waals surface area contributed by atoms with Crippen LogP contribution in [0.4, 0.5) is 0 Å². The molecule has 2 amide bonds. The summed E-state index contributed by atoms with van der Waals surface area (Å²) in [5.41, 5.74) is 6.48. The summed E-state index contributed by atoms with van der Waals surface area (Å²) >= 11 is 6.11. The molecule has 0 spiro atoms. The minimum Gasteiger partial charge on any atom is -0.392 e. The molecular weight excluding hydrogens is 700 g/mol. The van der Waals surface area contributed by atoms with Gasteiger partial charge >= 0.3 is 0 Å². The van der Waals surface area contributed by atoms with Gasteiger partial charge in [0.15, 0.2) is 6.29 Å². The topological polar surface area (TPSA) is 99.5 Å². The molecule has 0 unspecified atom stereocenters. The molecule has 9 heteroatoms. The minimum absolute atomic E-state index is 0.0227. The number of likely N-dealkylation sites (tertiary alicyclic amines) is 1. The van der Waals surface area contributed by atoms with Crippen molar-refractivity contribution in [2.45, 2.75) is 57.0 Å². The first kappa shape index (κ1) is 36.3. The lowest BCUT2D eigenvalue weighted by atomic mass is 9.84. The minimum atomic E-state index is -0.890. The fraction of sp³-hybridized carbons (Fsp3) is 0.289. The van der Waals surface area contributed by atoms with Gasteiger partial charge in [-0.15, -0.1) is 0 Å². The number of aliphatic hydroxyl groups is 2. The average molecular weight is 743 g/mol. The molecule has 0 radical (unpaired) electrons. The number of aliphatic hydroxyl groups excluding tert-OH is 1. The van der Waals surface area contributed by atoms with Crippen LogP contribution < -0.4 is 0 Å². The molecule has 8 nitrogen and oxygen atoms in total. The van der Waals surface area contributed by atoms with E-state index >= 15 is 0 Å². The molecule has 2 fully saturated rings. The summed E-state index contributed by atoms with van der Waals surface area (Å²) in [5, 5.41) is 21.8. The zero-order valence-electron chi connectivity index (χ0n) is 30.1. The zero-order chi connectivity index (χ0) is 37.4. The monoisotopic (exact) mass is 742 g/mol. The fourth-order valence-electron chi connectivity index (χ4n) is 7.98. The van der Waals surface area contributed by atoms with Crippen LogP contribution in [0.1, 0.15) is 80.7 Å². The number of hydrogen-bond acceptors (Lipinski definition) is 7. The third-order valence-corrected chi connectivity index (χ3v) is 11.5. The molecule has 5 aromatic rings. The van der Waals surface area contributed by atoms with Crippen molar-refractivity contribution < 1.29 is 29.3 Å². The first-order chi connectivity index (χ1) is 26.2. The highest BCUT2D eigenvalue weighted by molar-refractivity contribution is 6.30. The number of halogens is 1. The summed E-state index contributed by atoms with van der Waals surface area (Å²) in [6, 6.07) is 38.4. The standard InChI is InChI=1S/C45H43ClN2O6/c1-29-40(27-47-23-21-45(52,22-24-47)36-17-19-37(46)20-18-36)53-44(54-41(29)33-11-9-30(28-49)10-12-33)34-15-13-32(14-16-34)35-6-4-5-31(25-35)26-48-42(50)38-7-2-3-8-39(38)43(48)51/h2-20,25,29,40-41,44,49,52H,21-24,26-28H2,1H3/t29-,40+,41+,44+/m1/s1. The molecule has 0 aromatic heterocycles. The van der Waals surface area contributed by atoms with Crippen LogP contribution in [0.5, 0.6) is 0 Å². The molecule has 2 N–H and O–H groups in total. The molecule has 0 saturated carbocycles. The van der Waals surface area contributed by atoms with Gasteiger partial charge < -0.3 is 24.6 Å². The fourth-order valence-corrected chi connectivity index (χ4v) is 8.11. The second-order valence-corrected chi connectivity index (χ2v) is 15.2. The van der Waals surface area contributed by atoms with Gasteiger partial charge in [-0.1, -0.05) is 110 Å². The summed E-state index contributed by atoms with van der Waals surface area (Å²) in [6.45, 7) is 4.49. The van der Waals surface area contributed by atoms with Crippen molar-refractivity contribution in [2.75, 3.05) is 19.6 Å². The van der Waals surface area contributed by atoms with Gasteiger partial charge in [0.05, 0.1) is 42.1 Å². The summed E-state index contributed by atoms with van der Waals surface area (Å²) in [6.07, 6.45) is 0.228. The summed E-state index contributed by atoms with van der Waals surface area (Å²) in [4.78, 5) is 29.7. The Hall–Kier alpha value is -4.67. The Morgan fingerprint density at radius 2 is 1.39 bits per heavy atom. The number of piperidine rings is 1. The van der Waals surface area contributed by atoms with Crippen molar-refractivity contribution in [1.82, 2.24) is 9.80 Å². The lowest BCUT2D eigenvalue weighted by Gasteiger charge is -2.45. The maximum atomic E-state index is 13.0. The quantitative estimate of drug-likeness (QED) is 0.147. The molecular formula is C45H43ClN2O6. The van der Waals surface area contributed by atoms with Gasteiger partial charge in [-0.3, -0.25) is 14.5 Å². The highest BCUT2D eigenvalue weighted by atomic mass is 35.5. The molecule has 3 heterocycles. The number of nitrogens with zero attached hydrogens (tertiary/aromatic N) is 2. The van der Waals surface area contributed by atoms with E-state index in [1.165, 1.54) is 4.90 Å². The van der Waals surface area contributed by atoms with Crippen LogP contribution in [0.3, 0.4) is 0 Å². The molecule has 276 valence electrons. The van der Waals surface area contributed by atoms with Crippen molar-refractivity contribution in [3.8, 4) is 11.1 Å². The van der Waals surface area contributed by atoms with Crippen LogP contribution in [0, 0.1) is 5.92 Å². The number of ether oxygens (including phenoxy) is 2. The predicted octanol–water partition coefficient (Wildman–Crippen LogP) is 8.07. The third-order valence-electron chi connectivity index (χ3n) is 11.3. The molecule has 2 saturated heterocycles. The number of fused-ring (bicyclic) bond motifs is 1. The van der Waals surface area contributed by atoms with E-state index in [4.69, 9.17) is 21.1 Å². The van der Waals surface area contributed by atoms with E-state index in [9.17, 15) is 19.8 Å². The lowest BCUT2D eigenvalue weighted by Crippen LogP contribution is -2.49. The van der Waals surface area contributed by atoms with Crippen molar-refractivity contribution in [3.05, 3.63) is 165 Å². The van der Waals surface area contributed by atoms with E-state index in [0.717, 1.165) is 52.0 Å². The number of amides is 2. The van der Waals surface area contributed by atoms with Gasteiger partial charge in [0.25, 0.3) is 11.8 Å². The highest BCUT2D eigenvalue weighted by Crippen LogP contribution is 2.43. The normalized spacial score (nSPS) is 22.7. The van der Waals surface area contributed by atoms with Gasteiger partial charge in [0.1, 0.15) is 0 Å². The van der Waals surface area contributed by atoms with Gasteiger partial charge in [-0.25, -0.2) is 0 Å². The third kappa shape index (κ3) is 7.26. The van der Waals surface area contributed by atoms with Crippen LogP contribution in [0.2, 0.25) is 5.02 Å². The van der Waals surface area contributed by atoms with Crippen LogP contribution >= 0.6 is 11.6 Å². The number of rotatable bonds is 9. The first-order valence-electron chi connectivity index (χ1n) is 18.5. The number of carbonyl (C=O) groups excluding carboxylic acids is 2. The average Bonchev–Trinajstić information content (AvgIpc) is 3.44. The van der Waals surface area contributed by atoms with Crippen molar-refractivity contribution in [1.29, 1.82) is 0 Å². The van der Waals surface area contributed by atoms with Crippen LogP contribution in [-0.4, -0.2) is 57.6 Å². The second-order valence-electron chi connectivity index (χ2n) is 14.7. The molecule has 3 aliphatic rings. The van der Waals surface area contributed by atoms with Crippen molar-refractivity contribution >= 4 is 23.4 Å². The van der Waals surface area contributed by atoms with Crippen molar-refractivity contribution in [3.63, 3.8) is 0 Å². The van der Waals surface area contributed by atoms with Gasteiger partial charge in [-0.05, 0) is 76.6 Å². The molecule has 3 aliphatic heterocycles. The Kier molecular flexibility index (Phi) is 10.2. The van der Waals surface area contributed by atoms with E-state index in [0.29, 0.717) is 35.5 Å². The summed E-state index contributed by atoms with van der Waals surface area (Å²) < 4.78 is 13.5. The van der Waals surface area contributed by atoms with Crippen LogP contribution in [-0.2, 0) is 28.2 Å². The Bertz CT molecular complexity index is 2090. The Morgan fingerprint density at radius 1 is 0.741 bits per heavy atom. The maximum absolute atomic E-state index is 13.0. The second kappa shape index (κ2) is 15.2. The van der Waals surface area contributed by atoms with Gasteiger partial charge in [0.2, 0.25) is 0 Å². The lowest BCUT2D eigenvalue weighted by molar-refractivity contribution is -0.277. The van der Waals surface area contributed by atoms with Gasteiger partial charge in [0, 0.05) is 36.1 Å². The largest absolute Gasteiger partial charge is 0.392 e. The molecule has 54 heavy (non-hydrogen) atoms. The molecule has 0 aliphatic carbocycles. The Balaban J connectivity index is 0.987. The molecule has 8 rings (SSSR count). The predicted molar refractivity (Wildman–Crippen MR) is 207 cm³/mol. The van der Waals surface area contributed by atoms with Gasteiger partial charge in [-0.2, -0.15) is 0 Å². The highest BCUT2D eigenvalue weighted by Gasteiger charge is 2.41. The number of hydrogen-bond donors (Lipinski definition) is 2. The van der Waals surface area contributed by atoms with E-state index in [2.05, 4.69) is 11.8 Å². The van der Waals surface area contributed by atoms with Crippen LogP contribution in [0.25, 0.3) is 11.1 Å². The summed E-state index contributed by atoms with van der Waals surface area (Å²) in [5.74, 6) is -0.511. The first-order valence-corrected chi connectivity index (χ1v) is 18.9. The maximum Gasteiger partial charge on any atom is 0.261 e. The van der Waals surface area contributed by atoms with E-state index in [1.807, 2.05) is 97.1 Å².